The lowest BCUT2D eigenvalue weighted by Crippen LogP contribution is -2.22. The van der Waals surface area contributed by atoms with Gasteiger partial charge in [0, 0.05) is 0 Å². The van der Waals surface area contributed by atoms with Gasteiger partial charge in [0.15, 0.2) is 0 Å². The minimum atomic E-state index is 0.460. The van der Waals surface area contributed by atoms with Crippen LogP contribution in [0.1, 0.15) is 74.7 Å². The first-order chi connectivity index (χ1) is 5.91. The molecule has 0 saturated heterocycles. The fourth-order valence-corrected chi connectivity index (χ4v) is 2.24. The topological polar surface area (TPSA) is 0 Å². The van der Waals surface area contributed by atoms with Gasteiger partial charge >= 0.3 is 0 Å². The minimum absolute atomic E-state index is 0.460. The molecule has 0 aliphatic carbocycles. The van der Waals surface area contributed by atoms with E-state index in [1.54, 1.807) is 0 Å². The molecular weight excluding hydrogens is 168 g/mol. The zero-order valence-corrected chi connectivity index (χ0v) is 11.6. The molecule has 14 heavy (non-hydrogen) atoms. The van der Waals surface area contributed by atoms with Crippen LogP contribution in [0.15, 0.2) is 0 Å². The van der Waals surface area contributed by atoms with Gasteiger partial charge in [-0.15, -0.1) is 0 Å². The van der Waals surface area contributed by atoms with E-state index in [0.717, 1.165) is 0 Å². The zero-order chi connectivity index (χ0) is 11.6. The second-order valence-electron chi connectivity index (χ2n) is 7.96. The van der Waals surface area contributed by atoms with Crippen LogP contribution in [0.4, 0.5) is 0 Å². The van der Waals surface area contributed by atoms with Crippen LogP contribution in [-0.2, 0) is 0 Å². The predicted octanol–water partition coefficient (Wildman–Crippen LogP) is 5.28. The third-order valence-electron chi connectivity index (χ3n) is 2.56. The van der Waals surface area contributed by atoms with Crippen LogP contribution in [0.3, 0.4) is 0 Å². The molecule has 0 heteroatoms. The van der Waals surface area contributed by atoms with Gasteiger partial charge in [0.2, 0.25) is 0 Å². The summed E-state index contributed by atoms with van der Waals surface area (Å²) < 4.78 is 0. The van der Waals surface area contributed by atoms with Crippen molar-refractivity contribution in [1.82, 2.24) is 0 Å². The molecule has 0 unspecified atom stereocenters. The summed E-state index contributed by atoms with van der Waals surface area (Å²) in [4.78, 5) is 0. The van der Waals surface area contributed by atoms with Gasteiger partial charge in [-0.25, -0.2) is 0 Å². The van der Waals surface area contributed by atoms with Crippen molar-refractivity contribution in [3.63, 3.8) is 0 Å². The molecule has 0 heterocycles. The molecular formula is C14H30. The van der Waals surface area contributed by atoms with Gasteiger partial charge in [-0.2, -0.15) is 0 Å². The normalized spacial score (nSPS) is 14.6. The summed E-state index contributed by atoms with van der Waals surface area (Å²) in [6, 6.07) is 0. The predicted molar refractivity (Wildman–Crippen MR) is 66.5 cm³/mol. The number of hydrogen-bond acceptors (Lipinski definition) is 0. The van der Waals surface area contributed by atoms with E-state index >= 15 is 0 Å². The Bertz CT molecular complexity index is 161. The average molecular weight is 198 g/mol. The highest BCUT2D eigenvalue weighted by Gasteiger charge is 2.26. The van der Waals surface area contributed by atoms with Crippen molar-refractivity contribution in [3.05, 3.63) is 0 Å². The molecule has 0 bridgehead atoms. The molecule has 0 saturated carbocycles. The molecule has 0 aliphatic heterocycles. The molecule has 0 aromatic rings. The van der Waals surface area contributed by atoms with E-state index in [0.29, 0.717) is 16.2 Å². The van der Waals surface area contributed by atoms with E-state index in [1.807, 2.05) is 0 Å². The quantitative estimate of drug-likeness (QED) is 0.579. The summed E-state index contributed by atoms with van der Waals surface area (Å²) in [7, 11) is 0. The maximum atomic E-state index is 2.41. The van der Waals surface area contributed by atoms with Crippen molar-refractivity contribution in [1.29, 1.82) is 0 Å². The van der Waals surface area contributed by atoms with E-state index in [2.05, 4.69) is 55.4 Å². The molecule has 0 aromatic carbocycles. The Morgan fingerprint density at radius 2 is 1.00 bits per heavy atom. The summed E-state index contributed by atoms with van der Waals surface area (Å²) in [5.41, 5.74) is 1.43. The zero-order valence-electron chi connectivity index (χ0n) is 11.6. The smallest absolute Gasteiger partial charge is 0.0349 e. The Kier molecular flexibility index (Phi) is 4.24. The third kappa shape index (κ3) is 8.59. The van der Waals surface area contributed by atoms with Gasteiger partial charge in [0.05, 0.1) is 0 Å². The third-order valence-corrected chi connectivity index (χ3v) is 2.56. The van der Waals surface area contributed by atoms with Gasteiger partial charge < -0.3 is 0 Å². The molecule has 86 valence electrons. The van der Waals surface area contributed by atoms with Crippen LogP contribution in [-0.4, -0.2) is 0 Å². The summed E-state index contributed by atoms with van der Waals surface area (Å²) in [6.07, 6.45) is 3.99. The fraction of sp³-hybridized carbons (Fsp3) is 1.00. The van der Waals surface area contributed by atoms with Crippen LogP contribution in [0, 0.1) is 16.2 Å². The van der Waals surface area contributed by atoms with Gasteiger partial charge in [-0.05, 0) is 35.5 Å². The fourth-order valence-electron chi connectivity index (χ4n) is 2.24. The Morgan fingerprint density at radius 1 is 0.571 bits per heavy atom. The second-order valence-corrected chi connectivity index (χ2v) is 7.96. The van der Waals surface area contributed by atoms with Crippen molar-refractivity contribution in [3.8, 4) is 0 Å². The summed E-state index contributed by atoms with van der Waals surface area (Å²) in [5, 5.41) is 0. The van der Waals surface area contributed by atoms with Gasteiger partial charge in [0.25, 0.3) is 0 Å². The number of hydrogen-bond donors (Lipinski definition) is 0. The Morgan fingerprint density at radius 3 is 1.29 bits per heavy atom. The summed E-state index contributed by atoms with van der Waals surface area (Å²) >= 11 is 0. The van der Waals surface area contributed by atoms with E-state index in [-0.39, 0.29) is 0 Å². The summed E-state index contributed by atoms with van der Waals surface area (Å²) in [6.45, 7) is 18.8. The molecule has 0 fully saturated rings. The van der Waals surface area contributed by atoms with Gasteiger partial charge in [-0.1, -0.05) is 55.4 Å². The van der Waals surface area contributed by atoms with Crippen LogP contribution in [0.2, 0.25) is 0 Å². The molecule has 0 radical (unpaired) electrons. The van der Waals surface area contributed by atoms with Crippen LogP contribution in [0.25, 0.3) is 0 Å². The SMILES string of the molecule is CC(C)(C)CCC(C)(C)CC(C)(C)C. The van der Waals surface area contributed by atoms with E-state index in [4.69, 9.17) is 0 Å². The first-order valence-electron chi connectivity index (χ1n) is 5.91. The number of rotatable bonds is 3. The van der Waals surface area contributed by atoms with E-state index in [1.165, 1.54) is 19.3 Å². The minimum Gasteiger partial charge on any atom is -0.0602 e. The van der Waals surface area contributed by atoms with E-state index < -0.39 is 0 Å². The first kappa shape index (κ1) is 14.0. The second kappa shape index (κ2) is 4.24. The van der Waals surface area contributed by atoms with Crippen LogP contribution in [0.5, 0.6) is 0 Å². The largest absolute Gasteiger partial charge is 0.0602 e. The van der Waals surface area contributed by atoms with Crippen molar-refractivity contribution < 1.29 is 0 Å². The molecule has 0 spiro atoms. The lowest BCUT2D eigenvalue weighted by atomic mass is 9.71. The van der Waals surface area contributed by atoms with Crippen molar-refractivity contribution in [2.75, 3.05) is 0 Å². The Labute approximate surface area is 91.5 Å². The highest BCUT2D eigenvalue weighted by Crippen LogP contribution is 2.39. The van der Waals surface area contributed by atoms with Crippen molar-refractivity contribution in [2.24, 2.45) is 16.2 Å². The first-order valence-corrected chi connectivity index (χ1v) is 5.91. The van der Waals surface area contributed by atoms with Crippen molar-refractivity contribution in [2.45, 2.75) is 74.7 Å². The van der Waals surface area contributed by atoms with Crippen LogP contribution < -0.4 is 0 Å². The molecule has 0 aromatic heterocycles. The molecule has 0 aliphatic rings. The molecule has 0 atom stereocenters. The lowest BCUT2D eigenvalue weighted by molar-refractivity contribution is 0.173. The highest BCUT2D eigenvalue weighted by atomic mass is 14.3. The van der Waals surface area contributed by atoms with Crippen LogP contribution >= 0.6 is 0 Å². The van der Waals surface area contributed by atoms with E-state index in [9.17, 15) is 0 Å². The molecule has 0 nitrogen and oxygen atoms in total. The summed E-state index contributed by atoms with van der Waals surface area (Å²) in [5.74, 6) is 0. The Balaban J connectivity index is 4.09. The Hall–Kier alpha value is 0. The standard InChI is InChI=1S/C14H30/c1-12(2,3)9-10-14(7,8)11-13(4,5)6/h9-11H2,1-8H3. The van der Waals surface area contributed by atoms with Gasteiger partial charge in [0.1, 0.15) is 0 Å². The van der Waals surface area contributed by atoms with Gasteiger partial charge in [-0.3, -0.25) is 0 Å². The molecule has 0 N–H and O–H groups in total. The average Bonchev–Trinajstić information content (AvgIpc) is 1.76. The monoisotopic (exact) mass is 198 g/mol. The highest BCUT2D eigenvalue weighted by molar-refractivity contribution is 4.78. The van der Waals surface area contributed by atoms with Crippen molar-refractivity contribution >= 4 is 0 Å². The maximum absolute atomic E-state index is 2.41. The lowest BCUT2D eigenvalue weighted by Gasteiger charge is -2.34. The molecule has 0 amide bonds. The maximum Gasteiger partial charge on any atom is -0.0349 e. The molecule has 0 rings (SSSR count).